The molecule has 0 radical (unpaired) electrons. The SMILES string of the molecule is CN(C)CCN(C)Cc1cc2cc3c(cc2n1C)CCCC1=C3NC(=O)C(C(=O)Cl)C1O. The molecule has 2 heterocycles. The summed E-state index contributed by atoms with van der Waals surface area (Å²) in [6.07, 6.45) is 1.11. The molecule has 0 bridgehead atoms. The fourth-order valence-electron chi connectivity index (χ4n) is 4.79. The average Bonchev–Trinajstić information content (AvgIpc) is 2.89. The third-order valence-electron chi connectivity index (χ3n) is 6.66. The molecule has 2 N–H and O–H groups in total. The van der Waals surface area contributed by atoms with E-state index in [-0.39, 0.29) is 0 Å². The van der Waals surface area contributed by atoms with Gasteiger partial charge < -0.3 is 19.9 Å². The zero-order valence-electron chi connectivity index (χ0n) is 19.1. The van der Waals surface area contributed by atoms with Gasteiger partial charge in [-0.05, 0) is 81.3 Å². The van der Waals surface area contributed by atoms with Crippen molar-refractivity contribution in [2.45, 2.75) is 31.9 Å². The first kappa shape index (κ1) is 23.0. The summed E-state index contributed by atoms with van der Waals surface area (Å²) < 4.78 is 2.23. The van der Waals surface area contributed by atoms with E-state index < -0.39 is 23.2 Å². The number of nitrogens with one attached hydrogen (secondary N) is 1. The van der Waals surface area contributed by atoms with Crippen molar-refractivity contribution in [1.82, 2.24) is 19.7 Å². The van der Waals surface area contributed by atoms with Crippen LogP contribution in [0.15, 0.2) is 23.8 Å². The number of amides is 1. The Labute approximate surface area is 193 Å². The number of aliphatic hydroxyl groups is 1. The predicted octanol–water partition coefficient (Wildman–Crippen LogP) is 2.09. The molecule has 1 aliphatic carbocycles. The molecule has 1 aromatic carbocycles. The molecular weight excluding hydrogens is 428 g/mol. The van der Waals surface area contributed by atoms with Gasteiger partial charge in [0.15, 0.2) is 0 Å². The van der Waals surface area contributed by atoms with Gasteiger partial charge in [-0.2, -0.15) is 0 Å². The molecule has 0 saturated heterocycles. The molecule has 32 heavy (non-hydrogen) atoms. The van der Waals surface area contributed by atoms with Crippen molar-refractivity contribution >= 4 is 39.4 Å². The maximum Gasteiger partial charge on any atom is 0.239 e. The van der Waals surface area contributed by atoms with E-state index in [9.17, 15) is 14.7 Å². The van der Waals surface area contributed by atoms with E-state index in [0.29, 0.717) is 17.7 Å². The van der Waals surface area contributed by atoms with E-state index >= 15 is 0 Å². The lowest BCUT2D eigenvalue weighted by Crippen LogP contribution is -2.46. The molecule has 2 atom stereocenters. The zero-order valence-corrected chi connectivity index (χ0v) is 19.9. The van der Waals surface area contributed by atoms with Crippen LogP contribution in [0, 0.1) is 5.92 Å². The van der Waals surface area contributed by atoms with Crippen molar-refractivity contribution in [2.24, 2.45) is 13.0 Å². The van der Waals surface area contributed by atoms with Crippen molar-refractivity contribution < 1.29 is 14.7 Å². The molecule has 8 heteroatoms. The number of fused-ring (bicyclic) bond motifs is 3. The number of rotatable bonds is 6. The van der Waals surface area contributed by atoms with E-state index in [1.54, 1.807) is 0 Å². The van der Waals surface area contributed by atoms with E-state index in [1.807, 2.05) is 0 Å². The lowest BCUT2D eigenvalue weighted by atomic mass is 9.87. The van der Waals surface area contributed by atoms with Crippen LogP contribution in [-0.4, -0.2) is 71.0 Å². The topological polar surface area (TPSA) is 77.8 Å². The summed E-state index contributed by atoms with van der Waals surface area (Å²) in [5.74, 6) is -1.79. The van der Waals surface area contributed by atoms with Crippen molar-refractivity contribution in [3.63, 3.8) is 0 Å². The number of aliphatic hydroxyl groups excluding tert-OH is 1. The van der Waals surface area contributed by atoms with Gasteiger partial charge in [-0.3, -0.25) is 14.5 Å². The van der Waals surface area contributed by atoms with Crippen LogP contribution in [0.1, 0.15) is 29.7 Å². The molecule has 0 spiro atoms. The first-order valence-electron chi connectivity index (χ1n) is 11.0. The molecule has 1 aromatic heterocycles. The second kappa shape index (κ2) is 8.98. The Hall–Kier alpha value is -2.19. The number of carbonyl (C=O) groups is 2. The summed E-state index contributed by atoms with van der Waals surface area (Å²) in [4.78, 5) is 28.8. The quantitative estimate of drug-likeness (QED) is 0.512. The fraction of sp³-hybridized carbons (Fsp3) is 0.500. The van der Waals surface area contributed by atoms with Gasteiger partial charge in [-0.25, -0.2) is 0 Å². The molecule has 4 rings (SSSR count). The maximum atomic E-state index is 12.6. The first-order valence-corrected chi connectivity index (χ1v) is 11.4. The minimum absolute atomic E-state index is 0.541. The Bertz CT molecular complexity index is 1100. The highest BCUT2D eigenvalue weighted by Crippen LogP contribution is 2.38. The lowest BCUT2D eigenvalue weighted by Gasteiger charge is -2.30. The Morgan fingerprint density at radius 2 is 1.97 bits per heavy atom. The number of benzene rings is 1. The number of likely N-dealkylation sites (N-methyl/N-ethyl adjacent to an activating group) is 2. The highest BCUT2D eigenvalue weighted by molar-refractivity contribution is 6.65. The standard InChI is InChI=1S/C24H31ClN4O3/c1-27(2)8-9-28(3)13-16-10-15-11-18-14(12-19(15)29(16)4)6-5-7-17-21(18)26-24(32)20(22(17)30)23(25)31/h10-12,20,22,30H,5-9,13H2,1-4H3,(H,26,32). The minimum atomic E-state index is -1.25. The largest absolute Gasteiger partial charge is 0.387 e. The van der Waals surface area contributed by atoms with Crippen LogP contribution in [0.2, 0.25) is 0 Å². The summed E-state index contributed by atoms with van der Waals surface area (Å²) in [6.45, 7) is 2.82. The molecular formula is C24H31ClN4O3. The van der Waals surface area contributed by atoms with Gasteiger partial charge in [-0.1, -0.05) is 0 Å². The molecule has 2 unspecified atom stereocenters. The van der Waals surface area contributed by atoms with Crippen LogP contribution in [0.5, 0.6) is 0 Å². The van der Waals surface area contributed by atoms with E-state index in [2.05, 4.69) is 66.1 Å². The van der Waals surface area contributed by atoms with Crippen LogP contribution in [-0.2, 0) is 29.6 Å². The normalized spacial score (nSPS) is 21.1. The molecule has 1 amide bonds. The maximum absolute atomic E-state index is 12.6. The van der Waals surface area contributed by atoms with E-state index in [4.69, 9.17) is 11.6 Å². The molecule has 7 nitrogen and oxygen atoms in total. The van der Waals surface area contributed by atoms with Crippen molar-refractivity contribution in [3.05, 3.63) is 40.6 Å². The third kappa shape index (κ3) is 4.22. The second-order valence-electron chi connectivity index (χ2n) is 9.27. The second-order valence-corrected chi connectivity index (χ2v) is 9.65. The molecule has 0 fully saturated rings. The molecule has 2 aromatic rings. The van der Waals surface area contributed by atoms with Gasteiger partial charge in [-0.15, -0.1) is 0 Å². The number of carbonyl (C=O) groups excluding carboxylic acids is 2. The van der Waals surface area contributed by atoms with Crippen LogP contribution < -0.4 is 5.32 Å². The fourth-order valence-corrected chi connectivity index (χ4v) is 5.00. The monoisotopic (exact) mass is 458 g/mol. The zero-order chi connectivity index (χ0) is 23.2. The highest BCUT2D eigenvalue weighted by atomic mass is 35.5. The third-order valence-corrected chi connectivity index (χ3v) is 6.89. The van der Waals surface area contributed by atoms with Gasteiger partial charge in [0.05, 0.1) is 11.8 Å². The number of aryl methyl sites for hydroxylation is 2. The van der Waals surface area contributed by atoms with Crippen molar-refractivity contribution in [3.8, 4) is 0 Å². The van der Waals surface area contributed by atoms with Crippen molar-refractivity contribution in [2.75, 3.05) is 34.2 Å². The number of halogens is 1. The Balaban J connectivity index is 1.72. The summed E-state index contributed by atoms with van der Waals surface area (Å²) in [5.41, 5.74) is 5.77. The number of hydrogen-bond donors (Lipinski definition) is 2. The van der Waals surface area contributed by atoms with Gasteiger partial charge in [0, 0.05) is 48.8 Å². The van der Waals surface area contributed by atoms with E-state index in [0.717, 1.165) is 54.5 Å². The van der Waals surface area contributed by atoms with Gasteiger partial charge in [0.2, 0.25) is 11.1 Å². The van der Waals surface area contributed by atoms with Gasteiger partial charge in [0.1, 0.15) is 5.92 Å². The van der Waals surface area contributed by atoms with Crippen LogP contribution in [0.4, 0.5) is 0 Å². The molecule has 0 saturated carbocycles. The van der Waals surface area contributed by atoms with Gasteiger partial charge in [0.25, 0.3) is 0 Å². The minimum Gasteiger partial charge on any atom is -0.387 e. The first-order chi connectivity index (χ1) is 15.2. The molecule has 2 aliphatic rings. The Morgan fingerprint density at radius 3 is 2.66 bits per heavy atom. The highest BCUT2D eigenvalue weighted by Gasteiger charge is 2.41. The van der Waals surface area contributed by atoms with Crippen LogP contribution >= 0.6 is 11.6 Å². The molecule has 1 aliphatic heterocycles. The smallest absolute Gasteiger partial charge is 0.239 e. The number of hydrogen-bond acceptors (Lipinski definition) is 5. The van der Waals surface area contributed by atoms with Crippen molar-refractivity contribution in [1.29, 1.82) is 0 Å². The van der Waals surface area contributed by atoms with Gasteiger partial charge >= 0.3 is 0 Å². The predicted molar refractivity (Wildman–Crippen MR) is 126 cm³/mol. The summed E-state index contributed by atoms with van der Waals surface area (Å²) >= 11 is 5.61. The summed E-state index contributed by atoms with van der Waals surface area (Å²) in [6, 6.07) is 6.49. The molecule has 172 valence electrons. The summed E-state index contributed by atoms with van der Waals surface area (Å²) in [7, 11) is 8.37. The lowest BCUT2D eigenvalue weighted by molar-refractivity contribution is -0.133. The van der Waals surface area contributed by atoms with E-state index in [1.165, 1.54) is 5.69 Å². The average molecular weight is 459 g/mol. The Kier molecular flexibility index (Phi) is 6.45. The number of aromatic nitrogens is 1. The Morgan fingerprint density at radius 1 is 1.22 bits per heavy atom. The summed E-state index contributed by atoms with van der Waals surface area (Å²) in [5, 5.41) is 13.9. The van der Waals surface area contributed by atoms with Crippen LogP contribution in [0.3, 0.4) is 0 Å². The van der Waals surface area contributed by atoms with Crippen LogP contribution in [0.25, 0.3) is 16.6 Å². The number of nitrogens with zero attached hydrogens (tertiary/aromatic N) is 3.